The molecule has 0 aromatic heterocycles. The maximum Gasteiger partial charge on any atom is 0.129 e. The van der Waals surface area contributed by atoms with E-state index in [9.17, 15) is 0 Å². The van der Waals surface area contributed by atoms with Gasteiger partial charge in [0.15, 0.2) is 0 Å². The molecule has 1 atom stereocenters. The Balaban J connectivity index is 1.78. The van der Waals surface area contributed by atoms with Gasteiger partial charge in [-0.1, -0.05) is 36.4 Å². The van der Waals surface area contributed by atoms with Gasteiger partial charge >= 0.3 is 0 Å². The smallest absolute Gasteiger partial charge is 0.129 e. The van der Waals surface area contributed by atoms with E-state index in [1.165, 1.54) is 0 Å². The lowest BCUT2D eigenvalue weighted by Crippen LogP contribution is -2.27. The number of para-hydroxylation sites is 2. The molecule has 26 heavy (non-hydrogen) atoms. The minimum Gasteiger partial charge on any atom is -0.487 e. The SMILES string of the molecule is CN/C(=C\N1C=C(c2ccccc2N)C=NC1C)COc1ccccc1. The molecule has 3 rings (SSSR count). The van der Waals surface area contributed by atoms with Crippen LogP contribution in [0.1, 0.15) is 12.5 Å². The monoisotopic (exact) mass is 348 g/mol. The van der Waals surface area contributed by atoms with E-state index in [-0.39, 0.29) is 6.17 Å². The van der Waals surface area contributed by atoms with E-state index in [0.29, 0.717) is 6.61 Å². The van der Waals surface area contributed by atoms with Gasteiger partial charge in [-0.2, -0.15) is 0 Å². The fraction of sp³-hybridized carbons (Fsp3) is 0.190. The van der Waals surface area contributed by atoms with Gasteiger partial charge in [0.05, 0.1) is 5.70 Å². The largest absolute Gasteiger partial charge is 0.487 e. The molecule has 1 aliphatic rings. The summed E-state index contributed by atoms with van der Waals surface area (Å²) < 4.78 is 5.83. The summed E-state index contributed by atoms with van der Waals surface area (Å²) in [7, 11) is 1.89. The van der Waals surface area contributed by atoms with Crippen LogP contribution in [0.5, 0.6) is 5.75 Å². The summed E-state index contributed by atoms with van der Waals surface area (Å²) in [6, 6.07) is 17.6. The van der Waals surface area contributed by atoms with Gasteiger partial charge in [0.1, 0.15) is 18.5 Å². The predicted octanol–water partition coefficient (Wildman–Crippen LogP) is 3.48. The molecular formula is C21H24N4O. The Morgan fingerprint density at radius 2 is 1.92 bits per heavy atom. The number of allylic oxidation sites excluding steroid dienone is 1. The summed E-state index contributed by atoms with van der Waals surface area (Å²) >= 11 is 0. The van der Waals surface area contributed by atoms with Crippen LogP contribution in [0.3, 0.4) is 0 Å². The number of hydrogen-bond acceptors (Lipinski definition) is 5. The molecule has 1 aliphatic heterocycles. The third-order valence-electron chi connectivity index (χ3n) is 4.18. The first kappa shape index (κ1) is 17.6. The Labute approximate surface area is 154 Å². The molecule has 0 amide bonds. The number of nitrogens with two attached hydrogens (primary N) is 1. The molecule has 0 fully saturated rings. The van der Waals surface area contributed by atoms with Gasteiger partial charge in [-0.3, -0.25) is 4.99 Å². The molecule has 3 N–H and O–H groups in total. The highest BCUT2D eigenvalue weighted by atomic mass is 16.5. The van der Waals surface area contributed by atoms with Crippen molar-refractivity contribution in [3.63, 3.8) is 0 Å². The van der Waals surface area contributed by atoms with Crippen LogP contribution >= 0.6 is 0 Å². The van der Waals surface area contributed by atoms with Crippen LogP contribution in [-0.4, -0.2) is 30.9 Å². The molecule has 0 spiro atoms. The van der Waals surface area contributed by atoms with Crippen molar-refractivity contribution in [2.24, 2.45) is 4.99 Å². The van der Waals surface area contributed by atoms with Crippen molar-refractivity contribution in [2.75, 3.05) is 19.4 Å². The first-order valence-electron chi connectivity index (χ1n) is 8.61. The van der Waals surface area contributed by atoms with Gasteiger partial charge in [-0.15, -0.1) is 0 Å². The highest BCUT2D eigenvalue weighted by molar-refractivity contribution is 6.12. The zero-order chi connectivity index (χ0) is 18.4. The molecule has 134 valence electrons. The lowest BCUT2D eigenvalue weighted by molar-refractivity contribution is 0.333. The normalized spacial score (nSPS) is 17.0. The van der Waals surface area contributed by atoms with E-state index in [4.69, 9.17) is 10.5 Å². The Kier molecular flexibility index (Phi) is 5.59. The molecular weight excluding hydrogens is 324 g/mol. The molecule has 5 nitrogen and oxygen atoms in total. The first-order chi connectivity index (χ1) is 12.7. The molecule has 5 heteroatoms. The summed E-state index contributed by atoms with van der Waals surface area (Å²) in [4.78, 5) is 6.64. The third kappa shape index (κ3) is 4.25. The van der Waals surface area contributed by atoms with Gasteiger partial charge in [0.2, 0.25) is 0 Å². The maximum absolute atomic E-state index is 6.10. The number of likely N-dealkylation sites (N-methyl/N-ethyl adjacent to an activating group) is 1. The van der Waals surface area contributed by atoms with Crippen molar-refractivity contribution in [2.45, 2.75) is 13.1 Å². The van der Waals surface area contributed by atoms with Crippen molar-refractivity contribution in [1.29, 1.82) is 0 Å². The quantitative estimate of drug-likeness (QED) is 0.785. The zero-order valence-electron chi connectivity index (χ0n) is 15.1. The molecule has 1 heterocycles. The van der Waals surface area contributed by atoms with E-state index >= 15 is 0 Å². The Morgan fingerprint density at radius 3 is 2.65 bits per heavy atom. The summed E-state index contributed by atoms with van der Waals surface area (Å²) in [5.41, 5.74) is 9.76. The van der Waals surface area contributed by atoms with Crippen molar-refractivity contribution >= 4 is 17.5 Å². The van der Waals surface area contributed by atoms with E-state index in [2.05, 4.69) is 21.4 Å². The third-order valence-corrected chi connectivity index (χ3v) is 4.18. The number of hydrogen-bond donors (Lipinski definition) is 2. The predicted molar refractivity (Wildman–Crippen MR) is 108 cm³/mol. The van der Waals surface area contributed by atoms with Crippen LogP contribution in [0.25, 0.3) is 5.57 Å². The first-order valence-corrected chi connectivity index (χ1v) is 8.61. The van der Waals surface area contributed by atoms with Crippen LogP contribution in [0.2, 0.25) is 0 Å². The number of nitrogens with one attached hydrogen (secondary N) is 1. The average molecular weight is 348 g/mol. The highest BCUT2D eigenvalue weighted by Crippen LogP contribution is 2.24. The lowest BCUT2D eigenvalue weighted by atomic mass is 10.0. The van der Waals surface area contributed by atoms with Crippen LogP contribution in [0, 0.1) is 0 Å². The van der Waals surface area contributed by atoms with Crippen molar-refractivity contribution in [3.8, 4) is 5.75 Å². The number of nitrogens with zero attached hydrogens (tertiary/aromatic N) is 2. The molecule has 1 unspecified atom stereocenters. The standard InChI is InChI=1S/C21H24N4O/c1-16-24-12-17(20-10-6-7-11-21(20)22)13-25(16)14-18(23-2)15-26-19-8-4-3-5-9-19/h3-14,16,23H,15,22H2,1-2H3/b18-14-. The Morgan fingerprint density at radius 1 is 1.19 bits per heavy atom. The second-order valence-electron chi connectivity index (χ2n) is 6.04. The minimum absolute atomic E-state index is 0.00348. The molecule has 2 aromatic rings. The molecule has 0 saturated heterocycles. The molecule has 0 aliphatic carbocycles. The van der Waals surface area contributed by atoms with Crippen LogP contribution in [0.15, 0.2) is 77.7 Å². The van der Waals surface area contributed by atoms with Gasteiger partial charge < -0.3 is 20.7 Å². The Hall–Kier alpha value is -3.21. The van der Waals surface area contributed by atoms with E-state index in [1.54, 1.807) is 0 Å². The van der Waals surface area contributed by atoms with E-state index < -0.39 is 0 Å². The van der Waals surface area contributed by atoms with Crippen LogP contribution in [-0.2, 0) is 0 Å². The number of rotatable bonds is 6. The fourth-order valence-corrected chi connectivity index (χ4v) is 2.64. The molecule has 0 bridgehead atoms. The van der Waals surface area contributed by atoms with Gasteiger partial charge in [-0.05, 0) is 25.1 Å². The molecule has 0 radical (unpaired) electrons. The summed E-state index contributed by atoms with van der Waals surface area (Å²) in [6.45, 7) is 2.49. The molecule has 0 saturated carbocycles. The zero-order valence-corrected chi connectivity index (χ0v) is 15.1. The minimum atomic E-state index is 0.00348. The van der Waals surface area contributed by atoms with Crippen LogP contribution in [0.4, 0.5) is 5.69 Å². The molecule has 2 aromatic carbocycles. The summed E-state index contributed by atoms with van der Waals surface area (Å²) in [5.74, 6) is 0.839. The second-order valence-corrected chi connectivity index (χ2v) is 6.04. The number of ether oxygens (including phenoxy) is 1. The lowest BCUT2D eigenvalue weighted by Gasteiger charge is -2.27. The van der Waals surface area contributed by atoms with Crippen molar-refractivity contribution in [3.05, 3.63) is 78.3 Å². The van der Waals surface area contributed by atoms with E-state index in [0.717, 1.165) is 28.3 Å². The second kappa shape index (κ2) is 8.25. The number of anilines is 1. The summed E-state index contributed by atoms with van der Waals surface area (Å²) in [5, 5.41) is 3.19. The topological polar surface area (TPSA) is 62.9 Å². The van der Waals surface area contributed by atoms with Crippen molar-refractivity contribution in [1.82, 2.24) is 10.2 Å². The maximum atomic E-state index is 6.10. The van der Waals surface area contributed by atoms with Crippen molar-refractivity contribution < 1.29 is 4.74 Å². The number of aliphatic imine (C=N–C) groups is 1. The van der Waals surface area contributed by atoms with E-state index in [1.807, 2.05) is 81.0 Å². The van der Waals surface area contributed by atoms with Gasteiger partial charge in [-0.25, -0.2) is 0 Å². The fourth-order valence-electron chi connectivity index (χ4n) is 2.64. The average Bonchev–Trinajstić information content (AvgIpc) is 2.68. The summed E-state index contributed by atoms with van der Waals surface area (Å²) in [6.07, 6.45) is 5.95. The number of benzene rings is 2. The van der Waals surface area contributed by atoms with Gasteiger partial charge in [0, 0.05) is 42.5 Å². The highest BCUT2D eigenvalue weighted by Gasteiger charge is 2.15. The van der Waals surface area contributed by atoms with Gasteiger partial charge in [0.25, 0.3) is 0 Å². The van der Waals surface area contributed by atoms with Crippen LogP contribution < -0.4 is 15.8 Å². The number of nitrogen functional groups attached to an aromatic ring is 1. The Bertz CT molecular complexity index is 827.